The molecule has 0 spiro atoms. The zero-order valence-electron chi connectivity index (χ0n) is 31.0. The second-order valence-corrected chi connectivity index (χ2v) is 18.3. The monoisotopic (exact) mass is 762 g/mol. The molecule has 0 bridgehead atoms. The maximum Gasteiger partial charge on any atom is 0.474 e. The Bertz CT molecular complexity index is 821. The number of esters is 2. The van der Waals surface area contributed by atoms with E-state index in [2.05, 4.69) is 34.6 Å². The molecule has 0 aliphatic heterocycles. The van der Waals surface area contributed by atoms with Crippen LogP contribution in [0.25, 0.3) is 0 Å². The molecule has 2 atom stereocenters. The summed E-state index contributed by atoms with van der Waals surface area (Å²) in [6.45, 7) is 17.9. The molecule has 0 radical (unpaired) electrons. The Morgan fingerprint density at radius 1 is 0.708 bits per heavy atom. The molecule has 0 aliphatic carbocycles. The number of thioether (sulfide) groups is 3. The van der Waals surface area contributed by atoms with Gasteiger partial charge in [-0.2, -0.15) is 35.3 Å². The van der Waals surface area contributed by atoms with Crippen LogP contribution < -0.4 is 0 Å². The SMILES string of the molecule is CCOP(=O)(OCC)OCCCSCC(COC(=O)CCCCSCCOCCOCCSC(C)(C)C)OC(=O)CCCCC(C)CC. The van der Waals surface area contributed by atoms with Crippen molar-refractivity contribution in [3.05, 3.63) is 0 Å². The fourth-order valence-electron chi connectivity index (χ4n) is 3.99. The number of phosphoric ester groups is 1. The van der Waals surface area contributed by atoms with Crippen LogP contribution >= 0.6 is 43.1 Å². The Kier molecular flexibility index (Phi) is 31.7. The Morgan fingerprint density at radius 3 is 1.98 bits per heavy atom. The number of carbonyl (C=O) groups is 2. The van der Waals surface area contributed by atoms with E-state index in [4.69, 9.17) is 32.5 Å². The van der Waals surface area contributed by atoms with Crippen molar-refractivity contribution in [2.75, 3.05) is 81.6 Å². The average molecular weight is 763 g/mol. The van der Waals surface area contributed by atoms with Crippen LogP contribution in [0.15, 0.2) is 0 Å². The number of hydrogen-bond acceptors (Lipinski definition) is 13. The standard InChI is InChI=1S/C34H67O10PS3/c1-8-30(4)16-11-12-18-33(36)44-31(29-47-25-15-19-43-45(37,41-9-2)42-10-3)28-40-32(35)17-13-14-24-46-26-22-38-20-21-39-23-27-48-34(5,6)7/h30-31H,8-29H2,1-7H3. The van der Waals surface area contributed by atoms with Gasteiger partial charge >= 0.3 is 19.8 Å². The Labute approximate surface area is 305 Å². The molecular formula is C34H67O10PS3. The first-order valence-corrected chi connectivity index (χ1v) is 22.5. The Balaban J connectivity index is 4.27. The minimum atomic E-state index is -3.53. The fraction of sp³-hybridized carbons (Fsp3) is 0.941. The van der Waals surface area contributed by atoms with E-state index in [0.29, 0.717) is 56.5 Å². The summed E-state index contributed by atoms with van der Waals surface area (Å²) < 4.78 is 50.8. The van der Waals surface area contributed by atoms with Gasteiger partial charge in [0.25, 0.3) is 0 Å². The zero-order valence-corrected chi connectivity index (χ0v) is 34.3. The van der Waals surface area contributed by atoms with Gasteiger partial charge in [-0.1, -0.05) is 53.9 Å². The van der Waals surface area contributed by atoms with E-state index < -0.39 is 13.9 Å². The second kappa shape index (κ2) is 31.7. The van der Waals surface area contributed by atoms with Gasteiger partial charge < -0.3 is 18.9 Å². The van der Waals surface area contributed by atoms with Gasteiger partial charge in [0.15, 0.2) is 0 Å². The van der Waals surface area contributed by atoms with Crippen LogP contribution in [-0.4, -0.2) is 104 Å². The molecule has 0 aromatic carbocycles. The van der Waals surface area contributed by atoms with Crippen LogP contribution in [0.3, 0.4) is 0 Å². The fourth-order valence-corrected chi connectivity index (χ4v) is 7.77. The molecule has 0 N–H and O–H groups in total. The number of rotatable bonds is 34. The molecule has 10 nitrogen and oxygen atoms in total. The van der Waals surface area contributed by atoms with Crippen molar-refractivity contribution in [2.45, 2.75) is 117 Å². The summed E-state index contributed by atoms with van der Waals surface area (Å²) in [5.41, 5.74) is 0. The lowest BCUT2D eigenvalue weighted by Crippen LogP contribution is -2.27. The van der Waals surface area contributed by atoms with Gasteiger partial charge in [0.05, 0.1) is 46.2 Å². The first-order chi connectivity index (χ1) is 22.9. The summed E-state index contributed by atoms with van der Waals surface area (Å²) in [4.78, 5) is 25.0. The molecule has 286 valence electrons. The van der Waals surface area contributed by atoms with Crippen molar-refractivity contribution in [1.82, 2.24) is 0 Å². The molecule has 0 rings (SSSR count). The number of carbonyl (C=O) groups excluding carboxylic acids is 2. The lowest BCUT2D eigenvalue weighted by atomic mass is 10.0. The first-order valence-electron chi connectivity index (χ1n) is 17.8. The number of unbranched alkanes of at least 4 members (excludes halogenated alkanes) is 2. The third kappa shape index (κ3) is 32.0. The van der Waals surface area contributed by atoms with E-state index in [1.807, 2.05) is 23.5 Å². The molecule has 0 aromatic rings. The highest BCUT2D eigenvalue weighted by Crippen LogP contribution is 2.49. The summed E-state index contributed by atoms with van der Waals surface area (Å²) in [5.74, 6) is 4.15. The van der Waals surface area contributed by atoms with Gasteiger partial charge in [0.1, 0.15) is 12.7 Å². The highest BCUT2D eigenvalue weighted by atomic mass is 32.2. The molecule has 0 amide bonds. The van der Waals surface area contributed by atoms with Crippen LogP contribution in [0.1, 0.15) is 106 Å². The predicted molar refractivity (Wildman–Crippen MR) is 203 cm³/mol. The van der Waals surface area contributed by atoms with Crippen LogP contribution in [0.5, 0.6) is 0 Å². The summed E-state index contributed by atoms with van der Waals surface area (Å²) in [7, 11) is -3.53. The lowest BCUT2D eigenvalue weighted by molar-refractivity contribution is -0.157. The molecule has 48 heavy (non-hydrogen) atoms. The van der Waals surface area contributed by atoms with E-state index in [-0.39, 0.29) is 43.1 Å². The van der Waals surface area contributed by atoms with E-state index >= 15 is 0 Å². The van der Waals surface area contributed by atoms with E-state index in [1.54, 1.807) is 25.6 Å². The topological polar surface area (TPSA) is 116 Å². The van der Waals surface area contributed by atoms with Crippen molar-refractivity contribution in [3.63, 3.8) is 0 Å². The third-order valence-corrected chi connectivity index (χ3v) is 11.8. The normalized spacial score (nSPS) is 13.4. The van der Waals surface area contributed by atoms with Gasteiger partial charge in [0, 0.05) is 34.8 Å². The van der Waals surface area contributed by atoms with Crippen molar-refractivity contribution in [1.29, 1.82) is 0 Å². The largest absolute Gasteiger partial charge is 0.474 e. The van der Waals surface area contributed by atoms with E-state index in [9.17, 15) is 14.2 Å². The molecule has 0 aliphatic rings. The smallest absolute Gasteiger partial charge is 0.462 e. The zero-order chi connectivity index (χ0) is 35.9. The highest BCUT2D eigenvalue weighted by Gasteiger charge is 2.25. The predicted octanol–water partition coefficient (Wildman–Crippen LogP) is 8.84. The summed E-state index contributed by atoms with van der Waals surface area (Å²) >= 11 is 5.28. The second-order valence-electron chi connectivity index (χ2n) is 12.4. The molecule has 0 saturated carbocycles. The van der Waals surface area contributed by atoms with Crippen molar-refractivity contribution >= 4 is 55.0 Å². The average Bonchev–Trinajstić information content (AvgIpc) is 3.03. The maximum atomic E-state index is 12.6. The highest BCUT2D eigenvalue weighted by molar-refractivity contribution is 8.00. The molecular weight excluding hydrogens is 696 g/mol. The van der Waals surface area contributed by atoms with Gasteiger partial charge in [-0.05, 0) is 57.0 Å². The molecule has 0 heterocycles. The van der Waals surface area contributed by atoms with Crippen LogP contribution in [0, 0.1) is 5.92 Å². The number of ether oxygens (including phenoxy) is 4. The van der Waals surface area contributed by atoms with Gasteiger partial charge in [-0.25, -0.2) is 4.57 Å². The minimum absolute atomic E-state index is 0.0378. The summed E-state index contributed by atoms with van der Waals surface area (Å²) in [6.07, 6.45) is 6.46. The van der Waals surface area contributed by atoms with E-state index in [1.165, 1.54) is 0 Å². The Hall–Kier alpha value is 0.0200. The molecule has 14 heteroatoms. The van der Waals surface area contributed by atoms with Crippen molar-refractivity contribution in [3.8, 4) is 0 Å². The van der Waals surface area contributed by atoms with Gasteiger partial charge in [-0.3, -0.25) is 23.2 Å². The quantitative estimate of drug-likeness (QED) is 0.0354. The lowest BCUT2D eigenvalue weighted by Gasteiger charge is -2.18. The van der Waals surface area contributed by atoms with Gasteiger partial charge in [-0.15, -0.1) is 0 Å². The van der Waals surface area contributed by atoms with E-state index in [0.717, 1.165) is 62.4 Å². The summed E-state index contributed by atoms with van der Waals surface area (Å²) in [5, 5.41) is 0. The van der Waals surface area contributed by atoms with Crippen molar-refractivity contribution < 1.29 is 46.7 Å². The molecule has 0 aromatic heterocycles. The van der Waals surface area contributed by atoms with Crippen molar-refractivity contribution in [2.24, 2.45) is 5.92 Å². The number of phosphoric acid groups is 1. The van der Waals surface area contributed by atoms with Crippen LogP contribution in [0.4, 0.5) is 0 Å². The van der Waals surface area contributed by atoms with Crippen LogP contribution in [0.2, 0.25) is 0 Å². The Morgan fingerprint density at radius 2 is 1.33 bits per heavy atom. The molecule has 0 fully saturated rings. The summed E-state index contributed by atoms with van der Waals surface area (Å²) in [6, 6.07) is 0. The van der Waals surface area contributed by atoms with Crippen LogP contribution in [-0.2, 0) is 46.7 Å². The molecule has 0 saturated heterocycles. The molecule has 2 unspecified atom stereocenters. The van der Waals surface area contributed by atoms with Gasteiger partial charge in [0.2, 0.25) is 0 Å². The first kappa shape index (κ1) is 48.0. The third-order valence-electron chi connectivity index (χ3n) is 6.74. The number of hydrogen-bond donors (Lipinski definition) is 0. The maximum absolute atomic E-state index is 12.6. The minimum Gasteiger partial charge on any atom is -0.462 e.